The van der Waals surface area contributed by atoms with E-state index in [2.05, 4.69) is 47.4 Å². The van der Waals surface area contributed by atoms with Gasteiger partial charge in [-0.2, -0.15) is 5.26 Å². The first-order valence-corrected chi connectivity index (χ1v) is 8.07. The summed E-state index contributed by atoms with van der Waals surface area (Å²) in [5.74, 6) is 1.66. The molecule has 0 unspecified atom stereocenters. The van der Waals surface area contributed by atoms with Crippen LogP contribution in [0.4, 0.5) is 0 Å². The molecule has 2 aromatic carbocycles. The van der Waals surface area contributed by atoms with E-state index in [9.17, 15) is 0 Å². The molecule has 1 aliphatic rings. The maximum atomic E-state index is 9.05. The third kappa shape index (κ3) is 4.34. The summed E-state index contributed by atoms with van der Waals surface area (Å²) in [7, 11) is 1.70. The summed E-state index contributed by atoms with van der Waals surface area (Å²) < 4.78 is 5.32. The highest BCUT2D eigenvalue weighted by molar-refractivity contribution is 5.28. The Hall–Kier alpha value is -2.31. The summed E-state index contributed by atoms with van der Waals surface area (Å²) >= 11 is 0. The fourth-order valence-electron chi connectivity index (χ4n) is 2.99. The maximum Gasteiger partial charge on any atom is 0.119 e. The lowest BCUT2D eigenvalue weighted by molar-refractivity contribution is 0.243. The number of ether oxygens (including phenoxy) is 1. The van der Waals surface area contributed by atoms with Crippen LogP contribution in [-0.4, -0.2) is 18.6 Å². The molecule has 0 amide bonds. The molecule has 0 aromatic heterocycles. The zero-order valence-electron chi connectivity index (χ0n) is 13.5. The van der Waals surface area contributed by atoms with Crippen molar-refractivity contribution in [3.05, 3.63) is 65.7 Å². The van der Waals surface area contributed by atoms with E-state index in [-0.39, 0.29) is 5.92 Å². The normalized spacial score (nSPS) is 19.3. The smallest absolute Gasteiger partial charge is 0.119 e. The summed E-state index contributed by atoms with van der Waals surface area (Å²) in [6.07, 6.45) is 1.04. The first kappa shape index (κ1) is 15.6. The number of nitrogens with zero attached hydrogens (tertiary/aromatic N) is 2. The molecule has 3 heteroatoms. The van der Waals surface area contributed by atoms with Crippen LogP contribution in [-0.2, 0) is 13.1 Å². The van der Waals surface area contributed by atoms with Gasteiger partial charge in [0.1, 0.15) is 5.75 Å². The van der Waals surface area contributed by atoms with Gasteiger partial charge in [-0.3, -0.25) is 4.90 Å². The molecule has 0 radical (unpaired) electrons. The Bertz CT molecular complexity index is 678. The minimum atomic E-state index is 0.249. The number of hydrogen-bond acceptors (Lipinski definition) is 3. The Morgan fingerprint density at radius 2 is 1.83 bits per heavy atom. The first-order chi connectivity index (χ1) is 11.3. The molecule has 3 rings (SSSR count). The average molecular weight is 306 g/mol. The molecule has 0 heterocycles. The lowest BCUT2D eigenvalue weighted by Gasteiger charge is -2.23. The van der Waals surface area contributed by atoms with Crippen LogP contribution in [0.15, 0.2) is 54.6 Å². The second-order valence-electron chi connectivity index (χ2n) is 6.24. The largest absolute Gasteiger partial charge is 0.497 e. The molecule has 118 valence electrons. The predicted molar refractivity (Wildman–Crippen MR) is 90.8 cm³/mol. The van der Waals surface area contributed by atoms with Gasteiger partial charge in [-0.25, -0.2) is 0 Å². The molecule has 0 N–H and O–H groups in total. The summed E-state index contributed by atoms with van der Waals surface area (Å²) in [6, 6.07) is 21.1. The molecule has 0 spiro atoms. The predicted octanol–water partition coefficient (Wildman–Crippen LogP) is 3.86. The number of benzene rings is 2. The van der Waals surface area contributed by atoms with Crippen molar-refractivity contribution < 1.29 is 4.74 Å². The number of methoxy groups -OCH3 is 1. The van der Waals surface area contributed by atoms with Crippen molar-refractivity contribution in [3.8, 4) is 11.8 Å². The van der Waals surface area contributed by atoms with E-state index in [1.54, 1.807) is 7.11 Å². The highest BCUT2D eigenvalue weighted by Gasteiger charge is 2.38. The third-order valence-electron chi connectivity index (χ3n) is 4.37. The van der Waals surface area contributed by atoms with Gasteiger partial charge in [0.2, 0.25) is 0 Å². The highest BCUT2D eigenvalue weighted by atomic mass is 16.5. The topological polar surface area (TPSA) is 36.3 Å². The molecule has 2 atom stereocenters. The molecule has 1 aliphatic carbocycles. The van der Waals surface area contributed by atoms with Gasteiger partial charge in [0.05, 0.1) is 19.1 Å². The van der Waals surface area contributed by atoms with Crippen LogP contribution >= 0.6 is 0 Å². The summed E-state index contributed by atoms with van der Waals surface area (Å²) in [6.45, 7) is 2.76. The lowest BCUT2D eigenvalue weighted by Crippen LogP contribution is -2.25. The van der Waals surface area contributed by atoms with Crippen molar-refractivity contribution in [2.24, 2.45) is 11.8 Å². The fraction of sp³-hybridized carbons (Fsp3) is 0.350. The van der Waals surface area contributed by atoms with Gasteiger partial charge >= 0.3 is 0 Å². The number of nitriles is 1. The molecule has 3 nitrogen and oxygen atoms in total. The minimum Gasteiger partial charge on any atom is -0.497 e. The zero-order valence-corrected chi connectivity index (χ0v) is 13.5. The molecule has 0 saturated heterocycles. The van der Waals surface area contributed by atoms with Crippen LogP contribution in [0.25, 0.3) is 0 Å². The number of rotatable bonds is 7. The Morgan fingerprint density at radius 1 is 1.09 bits per heavy atom. The lowest BCUT2D eigenvalue weighted by atomic mass is 10.1. The van der Waals surface area contributed by atoms with Crippen molar-refractivity contribution in [1.29, 1.82) is 5.26 Å². The SMILES string of the molecule is COc1cccc(CN(Cc2ccccc2)C[C@H]2C[C@H]2C#N)c1. The van der Waals surface area contributed by atoms with Crippen LogP contribution in [0.2, 0.25) is 0 Å². The van der Waals surface area contributed by atoms with Crippen molar-refractivity contribution in [3.63, 3.8) is 0 Å². The molecular formula is C20H22N2O. The van der Waals surface area contributed by atoms with Crippen molar-refractivity contribution in [2.45, 2.75) is 19.5 Å². The van der Waals surface area contributed by atoms with Crippen molar-refractivity contribution in [2.75, 3.05) is 13.7 Å². The molecule has 1 saturated carbocycles. The van der Waals surface area contributed by atoms with E-state index in [1.165, 1.54) is 11.1 Å². The summed E-state index contributed by atoms with van der Waals surface area (Å²) in [5, 5.41) is 9.05. The van der Waals surface area contributed by atoms with Gasteiger partial charge in [0.15, 0.2) is 0 Å². The van der Waals surface area contributed by atoms with Crippen LogP contribution < -0.4 is 4.74 Å². The quantitative estimate of drug-likeness (QED) is 0.779. The van der Waals surface area contributed by atoms with E-state index < -0.39 is 0 Å². The maximum absolute atomic E-state index is 9.05. The Morgan fingerprint density at radius 3 is 2.52 bits per heavy atom. The second-order valence-corrected chi connectivity index (χ2v) is 6.24. The molecule has 0 aliphatic heterocycles. The van der Waals surface area contributed by atoms with Gasteiger partial charge in [-0.05, 0) is 35.6 Å². The van der Waals surface area contributed by atoms with Crippen molar-refractivity contribution >= 4 is 0 Å². The fourth-order valence-corrected chi connectivity index (χ4v) is 2.99. The van der Waals surface area contributed by atoms with E-state index in [1.807, 2.05) is 18.2 Å². The monoisotopic (exact) mass is 306 g/mol. The van der Waals surface area contributed by atoms with Gasteiger partial charge < -0.3 is 4.74 Å². The summed E-state index contributed by atoms with van der Waals surface area (Å²) in [5.41, 5.74) is 2.55. The Labute approximate surface area is 138 Å². The minimum absolute atomic E-state index is 0.249. The molecular weight excluding hydrogens is 284 g/mol. The van der Waals surface area contributed by atoms with E-state index in [4.69, 9.17) is 10.00 Å². The van der Waals surface area contributed by atoms with Gasteiger partial charge in [-0.1, -0.05) is 42.5 Å². The zero-order chi connectivity index (χ0) is 16.1. The molecule has 2 aromatic rings. The highest BCUT2D eigenvalue weighted by Crippen LogP contribution is 2.38. The molecule has 0 bridgehead atoms. The van der Waals surface area contributed by atoms with Gasteiger partial charge in [0, 0.05) is 19.6 Å². The molecule has 23 heavy (non-hydrogen) atoms. The van der Waals surface area contributed by atoms with Crippen LogP contribution in [0.5, 0.6) is 5.75 Å². The average Bonchev–Trinajstić information content (AvgIpc) is 3.34. The summed E-state index contributed by atoms with van der Waals surface area (Å²) in [4.78, 5) is 2.44. The van der Waals surface area contributed by atoms with E-state index >= 15 is 0 Å². The van der Waals surface area contributed by atoms with Crippen LogP contribution in [0, 0.1) is 23.2 Å². The Balaban J connectivity index is 1.70. The van der Waals surface area contributed by atoms with Crippen LogP contribution in [0.1, 0.15) is 17.5 Å². The first-order valence-electron chi connectivity index (χ1n) is 8.07. The van der Waals surface area contributed by atoms with Crippen molar-refractivity contribution in [1.82, 2.24) is 4.90 Å². The van der Waals surface area contributed by atoms with Crippen LogP contribution in [0.3, 0.4) is 0 Å². The van der Waals surface area contributed by atoms with E-state index in [0.717, 1.165) is 31.8 Å². The number of hydrogen-bond donors (Lipinski definition) is 0. The Kier molecular flexibility index (Phi) is 4.95. The van der Waals surface area contributed by atoms with Gasteiger partial charge in [-0.15, -0.1) is 0 Å². The second kappa shape index (κ2) is 7.30. The van der Waals surface area contributed by atoms with Gasteiger partial charge in [0.25, 0.3) is 0 Å². The molecule has 1 fully saturated rings. The van der Waals surface area contributed by atoms with E-state index in [0.29, 0.717) is 5.92 Å². The standard InChI is InChI=1S/C20H22N2O/c1-23-20-9-5-8-17(10-20)14-22(15-19-11-18(19)12-21)13-16-6-3-2-4-7-16/h2-10,18-19H,11,13-15H2,1H3/t18-,19+/m0/s1. The third-order valence-corrected chi connectivity index (χ3v) is 4.37.